The number of hydrogen-bond donors (Lipinski definition) is 1. The molecule has 0 bridgehead atoms. The molecule has 0 spiro atoms. The number of benzene rings is 1. The molecule has 1 heterocycles. The molecule has 0 aliphatic carbocycles. The summed E-state index contributed by atoms with van der Waals surface area (Å²) in [6.45, 7) is 3.78. The summed E-state index contributed by atoms with van der Waals surface area (Å²) in [4.78, 5) is 14.1. The van der Waals surface area contributed by atoms with Crippen LogP contribution in [-0.4, -0.2) is 41.0 Å². The van der Waals surface area contributed by atoms with Crippen LogP contribution in [0, 0.1) is 0 Å². The van der Waals surface area contributed by atoms with Crippen LogP contribution in [0.25, 0.3) is 0 Å². The maximum Gasteiger partial charge on any atom is 0.176 e. The lowest BCUT2D eigenvalue weighted by molar-refractivity contribution is -0.00419. The molecule has 0 aromatic heterocycles. The first-order valence-corrected chi connectivity index (χ1v) is 6.58. The van der Waals surface area contributed by atoms with Crippen LogP contribution in [0.2, 0.25) is 5.02 Å². The first kappa shape index (κ1) is 13.5. The number of carbonyl (C=O) groups is 1. The summed E-state index contributed by atoms with van der Waals surface area (Å²) in [5.41, 5.74) is 0.0788. The third-order valence-electron chi connectivity index (χ3n) is 3.45. The van der Waals surface area contributed by atoms with Crippen molar-refractivity contribution in [2.24, 2.45) is 0 Å². The fourth-order valence-electron chi connectivity index (χ4n) is 2.15. The molecule has 1 N–H and O–H groups in total. The molecule has 4 heteroatoms. The lowest BCUT2D eigenvalue weighted by atomic mass is 9.93. The Morgan fingerprint density at radius 3 is 2.72 bits per heavy atom. The molecule has 1 aromatic rings. The zero-order valence-electron chi connectivity index (χ0n) is 10.5. The van der Waals surface area contributed by atoms with E-state index in [-0.39, 0.29) is 5.78 Å². The number of piperidine rings is 1. The molecule has 1 fully saturated rings. The highest BCUT2D eigenvalue weighted by molar-refractivity contribution is 6.31. The Morgan fingerprint density at radius 2 is 2.11 bits per heavy atom. The molecular weight excluding hydrogens is 250 g/mol. The zero-order chi connectivity index (χ0) is 13.2. The van der Waals surface area contributed by atoms with E-state index in [9.17, 15) is 9.90 Å². The maximum absolute atomic E-state index is 12.1. The molecule has 0 radical (unpaired) electrons. The van der Waals surface area contributed by atoms with E-state index in [1.807, 2.05) is 6.92 Å². The van der Waals surface area contributed by atoms with Crippen molar-refractivity contribution in [2.75, 3.05) is 19.6 Å². The number of likely N-dealkylation sites (tertiary alicyclic amines) is 1. The van der Waals surface area contributed by atoms with Crippen molar-refractivity contribution in [3.05, 3.63) is 34.9 Å². The zero-order valence-corrected chi connectivity index (χ0v) is 11.3. The first-order chi connectivity index (χ1) is 8.46. The van der Waals surface area contributed by atoms with Gasteiger partial charge in [-0.25, -0.2) is 0 Å². The average Bonchev–Trinajstić information content (AvgIpc) is 2.32. The lowest BCUT2D eigenvalue weighted by Gasteiger charge is -2.35. The van der Waals surface area contributed by atoms with Gasteiger partial charge in [0.1, 0.15) is 0 Å². The lowest BCUT2D eigenvalue weighted by Crippen LogP contribution is -2.44. The SMILES string of the molecule is CC1(O)CCN(CC(=O)c2cccc(Cl)c2)CC1. The second-order valence-corrected chi connectivity index (χ2v) is 5.64. The van der Waals surface area contributed by atoms with Crippen molar-refractivity contribution in [2.45, 2.75) is 25.4 Å². The Bertz CT molecular complexity index is 435. The number of halogens is 1. The van der Waals surface area contributed by atoms with Crippen molar-refractivity contribution in [3.8, 4) is 0 Å². The minimum absolute atomic E-state index is 0.0824. The van der Waals surface area contributed by atoms with Gasteiger partial charge in [-0.2, -0.15) is 0 Å². The van der Waals surface area contributed by atoms with Gasteiger partial charge in [0, 0.05) is 23.7 Å². The molecule has 3 nitrogen and oxygen atoms in total. The van der Waals surface area contributed by atoms with Gasteiger partial charge in [0.2, 0.25) is 0 Å². The molecule has 0 atom stereocenters. The molecule has 1 aromatic carbocycles. The van der Waals surface area contributed by atoms with Gasteiger partial charge in [-0.1, -0.05) is 23.7 Å². The Hall–Kier alpha value is -0.900. The van der Waals surface area contributed by atoms with Crippen molar-refractivity contribution < 1.29 is 9.90 Å². The smallest absolute Gasteiger partial charge is 0.176 e. The highest BCUT2D eigenvalue weighted by atomic mass is 35.5. The van der Waals surface area contributed by atoms with Crippen molar-refractivity contribution in [1.29, 1.82) is 0 Å². The number of carbonyl (C=O) groups excluding carboxylic acids is 1. The van der Waals surface area contributed by atoms with E-state index in [1.54, 1.807) is 24.3 Å². The fourth-order valence-corrected chi connectivity index (χ4v) is 2.34. The molecule has 2 rings (SSSR count). The molecule has 0 saturated carbocycles. The van der Waals surface area contributed by atoms with E-state index in [2.05, 4.69) is 4.90 Å². The minimum Gasteiger partial charge on any atom is -0.390 e. The third kappa shape index (κ3) is 3.55. The van der Waals surface area contributed by atoms with Crippen LogP contribution in [0.3, 0.4) is 0 Å². The van der Waals surface area contributed by atoms with Crippen molar-refractivity contribution in [3.63, 3.8) is 0 Å². The van der Waals surface area contributed by atoms with Crippen LogP contribution >= 0.6 is 11.6 Å². The van der Waals surface area contributed by atoms with Gasteiger partial charge in [0.15, 0.2) is 5.78 Å². The second kappa shape index (κ2) is 5.39. The minimum atomic E-state index is -0.574. The Labute approximate surface area is 112 Å². The largest absolute Gasteiger partial charge is 0.390 e. The van der Waals surface area contributed by atoms with Crippen LogP contribution in [0.15, 0.2) is 24.3 Å². The molecular formula is C14H18ClNO2. The predicted molar refractivity (Wildman–Crippen MR) is 72.1 cm³/mol. The number of ketones is 1. The normalized spacial score (nSPS) is 19.7. The van der Waals surface area contributed by atoms with Gasteiger partial charge in [0.05, 0.1) is 12.1 Å². The van der Waals surface area contributed by atoms with Crippen LogP contribution in [0.5, 0.6) is 0 Å². The Kier molecular flexibility index (Phi) is 4.05. The molecule has 1 aliphatic rings. The summed E-state index contributed by atoms with van der Waals surface area (Å²) >= 11 is 5.87. The van der Waals surface area contributed by atoms with Gasteiger partial charge in [-0.3, -0.25) is 9.69 Å². The van der Waals surface area contributed by atoms with Gasteiger partial charge >= 0.3 is 0 Å². The summed E-state index contributed by atoms with van der Waals surface area (Å²) in [6, 6.07) is 7.03. The number of hydrogen-bond acceptors (Lipinski definition) is 3. The topological polar surface area (TPSA) is 40.5 Å². The predicted octanol–water partition coefficient (Wildman–Crippen LogP) is 2.37. The number of rotatable bonds is 3. The van der Waals surface area contributed by atoms with Crippen LogP contribution in [0.4, 0.5) is 0 Å². The molecule has 1 saturated heterocycles. The van der Waals surface area contributed by atoms with E-state index in [0.717, 1.165) is 25.9 Å². The summed E-state index contributed by atoms with van der Waals surface area (Å²) < 4.78 is 0. The third-order valence-corrected chi connectivity index (χ3v) is 3.68. The highest BCUT2D eigenvalue weighted by Crippen LogP contribution is 2.21. The van der Waals surface area contributed by atoms with Crippen LogP contribution in [-0.2, 0) is 0 Å². The molecule has 1 aliphatic heterocycles. The van der Waals surface area contributed by atoms with Gasteiger partial charge in [-0.15, -0.1) is 0 Å². The first-order valence-electron chi connectivity index (χ1n) is 6.20. The maximum atomic E-state index is 12.1. The van der Waals surface area contributed by atoms with E-state index < -0.39 is 5.60 Å². The molecule has 0 unspecified atom stereocenters. The standard InChI is InChI=1S/C14H18ClNO2/c1-14(18)5-7-16(8-6-14)10-13(17)11-3-2-4-12(15)9-11/h2-4,9,18H,5-8,10H2,1H3. The number of Topliss-reactive ketones (excluding diaryl/α,β-unsaturated/α-hetero) is 1. The van der Waals surface area contributed by atoms with Crippen molar-refractivity contribution in [1.82, 2.24) is 4.90 Å². The second-order valence-electron chi connectivity index (χ2n) is 5.21. The quantitative estimate of drug-likeness (QED) is 0.855. The summed E-state index contributed by atoms with van der Waals surface area (Å²) in [5, 5.41) is 10.4. The monoisotopic (exact) mass is 267 g/mol. The molecule has 18 heavy (non-hydrogen) atoms. The van der Waals surface area contributed by atoms with E-state index in [4.69, 9.17) is 11.6 Å². The van der Waals surface area contributed by atoms with Gasteiger partial charge in [-0.05, 0) is 31.9 Å². The van der Waals surface area contributed by atoms with E-state index >= 15 is 0 Å². The Morgan fingerprint density at radius 1 is 1.44 bits per heavy atom. The van der Waals surface area contributed by atoms with Gasteiger partial charge in [0.25, 0.3) is 0 Å². The number of nitrogens with zero attached hydrogens (tertiary/aromatic N) is 1. The van der Waals surface area contributed by atoms with Crippen LogP contribution in [0.1, 0.15) is 30.1 Å². The van der Waals surface area contributed by atoms with E-state index in [0.29, 0.717) is 17.1 Å². The van der Waals surface area contributed by atoms with Crippen LogP contribution < -0.4 is 0 Å². The van der Waals surface area contributed by atoms with Gasteiger partial charge < -0.3 is 5.11 Å². The summed E-state index contributed by atoms with van der Waals surface area (Å²) in [7, 11) is 0. The van der Waals surface area contributed by atoms with E-state index in [1.165, 1.54) is 0 Å². The van der Waals surface area contributed by atoms with Crippen molar-refractivity contribution >= 4 is 17.4 Å². The fraction of sp³-hybridized carbons (Fsp3) is 0.500. The number of aliphatic hydroxyl groups is 1. The average molecular weight is 268 g/mol. The summed E-state index contributed by atoms with van der Waals surface area (Å²) in [6.07, 6.45) is 1.44. The Balaban J connectivity index is 1.93. The summed E-state index contributed by atoms with van der Waals surface area (Å²) in [5.74, 6) is 0.0824. The highest BCUT2D eigenvalue weighted by Gasteiger charge is 2.28. The molecule has 0 amide bonds. The molecule has 98 valence electrons.